The Bertz CT molecular complexity index is 446. The quantitative estimate of drug-likeness (QED) is 0.916. The summed E-state index contributed by atoms with van der Waals surface area (Å²) < 4.78 is 0. The van der Waals surface area contributed by atoms with Gasteiger partial charge in [0.2, 0.25) is 0 Å². The fraction of sp³-hybridized carbons (Fsp3) is 0.750. The van der Waals surface area contributed by atoms with Gasteiger partial charge in [-0.05, 0) is 31.6 Å². The Balaban J connectivity index is 1.74. The molecule has 2 unspecified atom stereocenters. The maximum atomic E-state index is 4.83. The summed E-state index contributed by atoms with van der Waals surface area (Å²) in [4.78, 5) is 11.8. The van der Waals surface area contributed by atoms with Crippen LogP contribution in [0.1, 0.15) is 51.6 Å². The Morgan fingerprint density at radius 2 is 2.10 bits per heavy atom. The summed E-state index contributed by atoms with van der Waals surface area (Å²) >= 11 is 0. The lowest BCUT2D eigenvalue weighted by Gasteiger charge is -2.38. The van der Waals surface area contributed by atoms with Gasteiger partial charge in [-0.1, -0.05) is 20.3 Å². The van der Waals surface area contributed by atoms with Gasteiger partial charge in [-0.3, -0.25) is 4.98 Å². The molecule has 110 valence electrons. The molecular formula is C16H26N4. The number of nitrogens with one attached hydrogen (secondary N) is 1. The van der Waals surface area contributed by atoms with Crippen LogP contribution in [0, 0.1) is 5.92 Å². The van der Waals surface area contributed by atoms with Crippen molar-refractivity contribution in [3.8, 4) is 0 Å². The Morgan fingerprint density at radius 3 is 2.95 bits per heavy atom. The molecule has 2 fully saturated rings. The monoisotopic (exact) mass is 274 g/mol. The molecule has 1 saturated carbocycles. The van der Waals surface area contributed by atoms with Gasteiger partial charge >= 0.3 is 0 Å². The largest absolute Gasteiger partial charge is 0.352 e. The van der Waals surface area contributed by atoms with Crippen LogP contribution < -0.4 is 10.2 Å². The van der Waals surface area contributed by atoms with Crippen molar-refractivity contribution >= 4 is 5.82 Å². The first-order valence-electron chi connectivity index (χ1n) is 8.05. The van der Waals surface area contributed by atoms with Crippen molar-refractivity contribution in [2.24, 2.45) is 5.92 Å². The predicted molar refractivity (Wildman–Crippen MR) is 81.7 cm³/mol. The highest BCUT2D eigenvalue weighted by molar-refractivity contribution is 5.39. The molecule has 2 atom stereocenters. The lowest BCUT2D eigenvalue weighted by atomic mass is 9.92. The first kappa shape index (κ1) is 13.8. The number of hydrogen-bond donors (Lipinski definition) is 1. The van der Waals surface area contributed by atoms with Crippen LogP contribution >= 0.6 is 0 Å². The minimum absolute atomic E-state index is 0.481. The Hall–Kier alpha value is -1.16. The van der Waals surface area contributed by atoms with Crippen LogP contribution in [0.5, 0.6) is 0 Å². The Labute approximate surface area is 122 Å². The van der Waals surface area contributed by atoms with Crippen molar-refractivity contribution in [3.63, 3.8) is 0 Å². The lowest BCUT2D eigenvalue weighted by molar-refractivity contribution is 0.360. The molecule has 1 aliphatic carbocycles. The molecule has 0 aromatic carbocycles. The fourth-order valence-electron chi connectivity index (χ4n) is 3.67. The zero-order valence-corrected chi connectivity index (χ0v) is 12.7. The van der Waals surface area contributed by atoms with Crippen LogP contribution in [0.2, 0.25) is 0 Å². The summed E-state index contributed by atoms with van der Waals surface area (Å²) in [6, 6.07) is 1.20. The van der Waals surface area contributed by atoms with Gasteiger partial charge in [0.25, 0.3) is 0 Å². The minimum Gasteiger partial charge on any atom is -0.352 e. The van der Waals surface area contributed by atoms with Crippen molar-refractivity contribution in [2.45, 2.75) is 64.6 Å². The SMILES string of the molecule is CC(C)NCc1cncc(N2CCCC3CCCC32)n1. The number of piperidine rings is 1. The van der Waals surface area contributed by atoms with Crippen LogP contribution in [-0.2, 0) is 6.54 Å². The van der Waals surface area contributed by atoms with Crippen molar-refractivity contribution < 1.29 is 0 Å². The van der Waals surface area contributed by atoms with E-state index in [1.165, 1.54) is 32.1 Å². The molecule has 4 nitrogen and oxygen atoms in total. The second-order valence-electron chi connectivity index (χ2n) is 6.50. The third kappa shape index (κ3) is 2.95. The Morgan fingerprint density at radius 1 is 1.25 bits per heavy atom. The summed E-state index contributed by atoms with van der Waals surface area (Å²) in [6.45, 7) is 6.27. The van der Waals surface area contributed by atoms with E-state index in [-0.39, 0.29) is 0 Å². The van der Waals surface area contributed by atoms with Gasteiger partial charge in [-0.2, -0.15) is 0 Å². The molecule has 3 rings (SSSR count). The maximum Gasteiger partial charge on any atom is 0.147 e. The zero-order chi connectivity index (χ0) is 13.9. The second-order valence-corrected chi connectivity index (χ2v) is 6.50. The molecule has 0 spiro atoms. The molecule has 1 aromatic heterocycles. The molecule has 1 aliphatic heterocycles. The van der Waals surface area contributed by atoms with Crippen molar-refractivity contribution in [2.75, 3.05) is 11.4 Å². The zero-order valence-electron chi connectivity index (χ0n) is 12.7. The molecule has 1 N–H and O–H groups in total. The van der Waals surface area contributed by atoms with E-state index in [2.05, 4.69) is 29.0 Å². The standard InChI is InChI=1S/C16H26N4/c1-12(2)18-10-14-9-17-11-16(19-14)20-8-4-6-13-5-3-7-15(13)20/h9,11-13,15,18H,3-8,10H2,1-2H3. The van der Waals surface area contributed by atoms with Crippen molar-refractivity contribution in [3.05, 3.63) is 18.1 Å². The van der Waals surface area contributed by atoms with Crippen molar-refractivity contribution in [1.29, 1.82) is 0 Å². The fourth-order valence-corrected chi connectivity index (χ4v) is 3.67. The molecule has 2 aliphatic rings. The number of fused-ring (bicyclic) bond motifs is 1. The van der Waals surface area contributed by atoms with E-state index in [9.17, 15) is 0 Å². The van der Waals surface area contributed by atoms with E-state index < -0.39 is 0 Å². The topological polar surface area (TPSA) is 41.1 Å². The Kier molecular flexibility index (Phi) is 4.20. The number of anilines is 1. The molecule has 0 radical (unpaired) electrons. The van der Waals surface area contributed by atoms with E-state index in [4.69, 9.17) is 4.98 Å². The second kappa shape index (κ2) is 6.08. The molecule has 1 aromatic rings. The average molecular weight is 274 g/mol. The molecule has 2 heterocycles. The summed E-state index contributed by atoms with van der Waals surface area (Å²) in [5.41, 5.74) is 1.05. The third-order valence-corrected chi connectivity index (χ3v) is 4.65. The number of rotatable bonds is 4. The van der Waals surface area contributed by atoms with E-state index in [0.717, 1.165) is 30.5 Å². The van der Waals surface area contributed by atoms with Crippen LogP contribution in [-0.4, -0.2) is 28.6 Å². The number of nitrogens with zero attached hydrogens (tertiary/aromatic N) is 3. The summed E-state index contributed by atoms with van der Waals surface area (Å²) in [5.74, 6) is 1.98. The maximum absolute atomic E-state index is 4.83. The molecule has 0 bridgehead atoms. The third-order valence-electron chi connectivity index (χ3n) is 4.65. The smallest absolute Gasteiger partial charge is 0.147 e. The number of hydrogen-bond acceptors (Lipinski definition) is 4. The van der Waals surface area contributed by atoms with E-state index in [1.54, 1.807) is 0 Å². The highest BCUT2D eigenvalue weighted by Gasteiger charge is 2.35. The summed E-state index contributed by atoms with van der Waals surface area (Å²) in [7, 11) is 0. The summed E-state index contributed by atoms with van der Waals surface area (Å²) in [6.07, 6.45) is 10.7. The lowest BCUT2D eigenvalue weighted by Crippen LogP contribution is -2.43. The highest BCUT2D eigenvalue weighted by Crippen LogP contribution is 2.38. The van der Waals surface area contributed by atoms with Crippen LogP contribution in [0.3, 0.4) is 0 Å². The van der Waals surface area contributed by atoms with Gasteiger partial charge in [0.15, 0.2) is 0 Å². The number of aromatic nitrogens is 2. The summed E-state index contributed by atoms with van der Waals surface area (Å²) in [5, 5.41) is 3.42. The average Bonchev–Trinajstić information content (AvgIpc) is 2.93. The van der Waals surface area contributed by atoms with Gasteiger partial charge in [0.05, 0.1) is 11.9 Å². The first-order chi connectivity index (χ1) is 9.74. The molecule has 1 saturated heterocycles. The van der Waals surface area contributed by atoms with Gasteiger partial charge in [-0.25, -0.2) is 4.98 Å². The van der Waals surface area contributed by atoms with Crippen molar-refractivity contribution in [1.82, 2.24) is 15.3 Å². The normalized spacial score (nSPS) is 26.1. The predicted octanol–water partition coefficient (Wildman–Crippen LogP) is 2.74. The van der Waals surface area contributed by atoms with Gasteiger partial charge in [-0.15, -0.1) is 0 Å². The van der Waals surface area contributed by atoms with E-state index in [1.807, 2.05) is 12.4 Å². The van der Waals surface area contributed by atoms with E-state index >= 15 is 0 Å². The molecule has 20 heavy (non-hydrogen) atoms. The van der Waals surface area contributed by atoms with Gasteiger partial charge < -0.3 is 10.2 Å². The van der Waals surface area contributed by atoms with E-state index in [0.29, 0.717) is 12.1 Å². The molecule has 4 heteroatoms. The van der Waals surface area contributed by atoms with Crippen LogP contribution in [0.4, 0.5) is 5.82 Å². The molecule has 0 amide bonds. The highest BCUT2D eigenvalue weighted by atomic mass is 15.2. The molecular weight excluding hydrogens is 248 g/mol. The van der Waals surface area contributed by atoms with Crippen LogP contribution in [0.25, 0.3) is 0 Å². The van der Waals surface area contributed by atoms with Gasteiger partial charge in [0, 0.05) is 31.4 Å². The first-order valence-corrected chi connectivity index (χ1v) is 8.05. The minimum atomic E-state index is 0.481. The van der Waals surface area contributed by atoms with Gasteiger partial charge in [0.1, 0.15) is 5.82 Å². The van der Waals surface area contributed by atoms with Crippen LogP contribution in [0.15, 0.2) is 12.4 Å².